The zero-order valence-corrected chi connectivity index (χ0v) is 17.0. The minimum atomic E-state index is -3.50. The summed E-state index contributed by atoms with van der Waals surface area (Å²) in [4.78, 5) is 24.4. The summed E-state index contributed by atoms with van der Waals surface area (Å²) in [5, 5.41) is 4.64. The number of sulfonamides is 1. The molecular formula is C17H17FN6O3S2. The molecule has 12 heteroatoms. The molecule has 0 aliphatic carbocycles. The second-order valence-electron chi connectivity index (χ2n) is 6.33. The minimum absolute atomic E-state index is 0.0153. The van der Waals surface area contributed by atoms with E-state index >= 15 is 0 Å². The summed E-state index contributed by atoms with van der Waals surface area (Å²) < 4.78 is 38.9. The Labute approximate surface area is 170 Å². The van der Waals surface area contributed by atoms with Crippen LogP contribution < -0.4 is 15.8 Å². The summed E-state index contributed by atoms with van der Waals surface area (Å²) in [6, 6.07) is 4.10. The summed E-state index contributed by atoms with van der Waals surface area (Å²) >= 11 is 1.23. The number of aliphatic imine (C=N–C) groups is 1. The lowest BCUT2D eigenvalue weighted by Gasteiger charge is -2.26. The molecule has 2 aromatic rings. The van der Waals surface area contributed by atoms with Crippen LogP contribution in [-0.4, -0.2) is 35.7 Å². The van der Waals surface area contributed by atoms with E-state index in [0.29, 0.717) is 10.9 Å². The fraction of sp³-hybridized carbons (Fsp3) is 0.176. The first-order valence-electron chi connectivity index (χ1n) is 8.17. The van der Waals surface area contributed by atoms with Crippen molar-refractivity contribution >= 4 is 44.4 Å². The molecule has 9 nitrogen and oxygen atoms in total. The number of amidine groups is 1. The maximum Gasteiger partial charge on any atom is 0.275 e. The number of nitrogens with zero attached hydrogens (tertiary/aromatic N) is 3. The van der Waals surface area contributed by atoms with E-state index in [2.05, 4.69) is 25.0 Å². The van der Waals surface area contributed by atoms with Gasteiger partial charge in [0.05, 0.1) is 18.6 Å². The fourth-order valence-electron chi connectivity index (χ4n) is 2.55. The maximum absolute atomic E-state index is 14.4. The highest BCUT2D eigenvalue weighted by molar-refractivity contribution is 8.16. The van der Waals surface area contributed by atoms with Crippen molar-refractivity contribution in [2.75, 3.05) is 16.3 Å². The molecule has 0 saturated carbocycles. The molecular weight excluding hydrogens is 419 g/mol. The van der Waals surface area contributed by atoms with Crippen molar-refractivity contribution in [2.45, 2.75) is 12.5 Å². The monoisotopic (exact) mass is 436 g/mol. The largest absolute Gasteiger partial charge is 0.378 e. The van der Waals surface area contributed by atoms with Gasteiger partial charge in [0.25, 0.3) is 5.91 Å². The van der Waals surface area contributed by atoms with Crippen molar-refractivity contribution in [3.63, 3.8) is 0 Å². The van der Waals surface area contributed by atoms with Gasteiger partial charge < -0.3 is 11.1 Å². The summed E-state index contributed by atoms with van der Waals surface area (Å²) in [5.74, 6) is -1.10. The predicted octanol–water partition coefficient (Wildman–Crippen LogP) is 2.03. The van der Waals surface area contributed by atoms with E-state index in [4.69, 9.17) is 5.73 Å². The first kappa shape index (κ1) is 20.7. The summed E-state index contributed by atoms with van der Waals surface area (Å²) in [6.45, 7) is 1.71. The van der Waals surface area contributed by atoms with Gasteiger partial charge in [-0.2, -0.15) is 0 Å². The highest BCUT2D eigenvalue weighted by atomic mass is 32.2. The molecule has 1 aromatic carbocycles. The number of benzene rings is 1. The molecule has 29 heavy (non-hydrogen) atoms. The number of thioether (sulfide) groups is 1. The summed E-state index contributed by atoms with van der Waals surface area (Å²) in [6.07, 6.45) is 4.94. The highest BCUT2D eigenvalue weighted by Gasteiger charge is 2.29. The Bertz CT molecular complexity index is 1120. The average Bonchev–Trinajstić information content (AvgIpc) is 2.62. The lowest BCUT2D eigenvalue weighted by molar-refractivity contribution is 0.102. The summed E-state index contributed by atoms with van der Waals surface area (Å²) in [5.41, 5.74) is 5.28. The number of nitrogens with two attached hydrogens (primary N) is 1. The normalized spacial score (nSPS) is 18.8. The Balaban J connectivity index is 1.81. The van der Waals surface area contributed by atoms with Gasteiger partial charge in [0.15, 0.2) is 11.0 Å². The van der Waals surface area contributed by atoms with Gasteiger partial charge in [-0.1, -0.05) is 11.8 Å². The Hall–Kier alpha value is -2.99. The van der Waals surface area contributed by atoms with E-state index in [1.807, 2.05) is 0 Å². The van der Waals surface area contributed by atoms with Gasteiger partial charge in [-0.15, -0.1) is 0 Å². The molecule has 1 atom stereocenters. The lowest BCUT2D eigenvalue weighted by Crippen LogP contribution is -2.25. The molecule has 1 aliphatic rings. The minimum Gasteiger partial charge on any atom is -0.378 e. The Morgan fingerprint density at radius 3 is 2.66 bits per heavy atom. The molecule has 4 N–H and O–H groups in total. The van der Waals surface area contributed by atoms with Crippen molar-refractivity contribution < 1.29 is 17.6 Å². The van der Waals surface area contributed by atoms with E-state index < -0.39 is 27.3 Å². The van der Waals surface area contributed by atoms with Crippen LogP contribution in [0.4, 0.5) is 15.9 Å². The van der Waals surface area contributed by atoms with Gasteiger partial charge in [0.2, 0.25) is 10.0 Å². The van der Waals surface area contributed by atoms with Crippen molar-refractivity contribution in [3.8, 4) is 0 Å². The number of carbonyl (C=O) groups is 1. The lowest BCUT2D eigenvalue weighted by atomic mass is 9.92. The predicted molar refractivity (Wildman–Crippen MR) is 111 cm³/mol. The standard InChI is InChI=1S/C17H17FN6O3S2/c1-17(5-6-28-16(19)23-17)11-7-10(3-4-12(11)18)22-15(25)13-8-21-14(9-20-13)24-29(2,26)27/h3-9H,1-2H3,(H2,19,23)(H,21,24)(H,22,25)/t17-/m0/s1. The van der Waals surface area contributed by atoms with Gasteiger partial charge >= 0.3 is 0 Å². The van der Waals surface area contributed by atoms with E-state index in [9.17, 15) is 17.6 Å². The third-order valence-electron chi connectivity index (χ3n) is 3.87. The second-order valence-corrected chi connectivity index (χ2v) is 9.00. The number of nitrogens with one attached hydrogen (secondary N) is 2. The number of carbonyl (C=O) groups excluding carboxylic acids is 1. The fourth-order valence-corrected chi connectivity index (χ4v) is 3.75. The first-order valence-corrected chi connectivity index (χ1v) is 10.9. The van der Waals surface area contributed by atoms with Crippen LogP contribution in [0.25, 0.3) is 0 Å². The van der Waals surface area contributed by atoms with E-state index in [0.717, 1.165) is 18.6 Å². The van der Waals surface area contributed by atoms with Crippen molar-refractivity contribution in [3.05, 3.63) is 59.2 Å². The highest BCUT2D eigenvalue weighted by Crippen LogP contribution is 2.35. The number of hydrogen-bond acceptors (Lipinski definition) is 8. The average molecular weight is 436 g/mol. The van der Waals surface area contributed by atoms with Gasteiger partial charge in [0, 0.05) is 11.3 Å². The zero-order valence-electron chi connectivity index (χ0n) is 15.4. The molecule has 2 heterocycles. The topological polar surface area (TPSA) is 139 Å². The number of anilines is 2. The first-order chi connectivity index (χ1) is 13.6. The van der Waals surface area contributed by atoms with Crippen LogP contribution >= 0.6 is 11.8 Å². The molecule has 0 saturated heterocycles. The molecule has 1 amide bonds. The molecule has 0 fully saturated rings. The number of aromatic nitrogens is 2. The maximum atomic E-state index is 14.4. The molecule has 1 aromatic heterocycles. The zero-order chi connectivity index (χ0) is 21.2. The van der Waals surface area contributed by atoms with Gasteiger partial charge in [0.1, 0.15) is 17.1 Å². The third-order valence-corrected chi connectivity index (χ3v) is 5.05. The van der Waals surface area contributed by atoms with Gasteiger partial charge in [-0.05, 0) is 36.6 Å². The van der Waals surface area contributed by atoms with Crippen LogP contribution in [0.1, 0.15) is 23.0 Å². The molecule has 0 unspecified atom stereocenters. The molecule has 3 rings (SSSR count). The van der Waals surface area contributed by atoms with Gasteiger partial charge in [-0.3, -0.25) is 9.52 Å². The van der Waals surface area contributed by atoms with Crippen molar-refractivity contribution in [1.82, 2.24) is 9.97 Å². The van der Waals surface area contributed by atoms with Crippen molar-refractivity contribution in [1.29, 1.82) is 0 Å². The van der Waals surface area contributed by atoms with E-state index in [1.165, 1.54) is 30.0 Å². The van der Waals surface area contributed by atoms with E-state index in [1.54, 1.807) is 18.4 Å². The smallest absolute Gasteiger partial charge is 0.275 e. The number of halogens is 1. The SMILES string of the molecule is C[C@@]1(c2cc(NC(=O)c3cnc(NS(C)(=O)=O)cn3)ccc2F)C=CSC(N)=N1. The Morgan fingerprint density at radius 2 is 2.03 bits per heavy atom. The van der Waals surface area contributed by atoms with Crippen LogP contribution in [0.5, 0.6) is 0 Å². The number of amides is 1. The number of hydrogen-bond donors (Lipinski definition) is 3. The van der Waals surface area contributed by atoms with Crippen LogP contribution in [0.2, 0.25) is 0 Å². The molecule has 0 bridgehead atoms. The number of rotatable bonds is 5. The molecule has 0 spiro atoms. The van der Waals surface area contributed by atoms with Crippen molar-refractivity contribution in [2.24, 2.45) is 10.7 Å². The van der Waals surface area contributed by atoms with Crippen LogP contribution in [0, 0.1) is 5.82 Å². The molecule has 0 radical (unpaired) electrons. The Morgan fingerprint density at radius 1 is 1.28 bits per heavy atom. The molecule has 152 valence electrons. The van der Waals surface area contributed by atoms with Crippen LogP contribution in [0.15, 0.2) is 47.1 Å². The van der Waals surface area contributed by atoms with Crippen LogP contribution in [0.3, 0.4) is 0 Å². The molecule has 1 aliphatic heterocycles. The quantitative estimate of drug-likeness (QED) is 0.651. The van der Waals surface area contributed by atoms with Gasteiger partial charge in [-0.25, -0.2) is 27.8 Å². The Kier molecular flexibility index (Phi) is 5.57. The third kappa shape index (κ3) is 5.09. The summed E-state index contributed by atoms with van der Waals surface area (Å²) in [7, 11) is -3.50. The van der Waals surface area contributed by atoms with Crippen LogP contribution in [-0.2, 0) is 15.6 Å². The second kappa shape index (κ2) is 7.79. The van der Waals surface area contributed by atoms with E-state index in [-0.39, 0.29) is 17.1 Å².